The minimum Gasteiger partial charge on any atom is -0.504 e. The van der Waals surface area contributed by atoms with Gasteiger partial charge >= 0.3 is 0 Å². The van der Waals surface area contributed by atoms with Crippen LogP contribution in [0.5, 0.6) is 11.5 Å². The first-order chi connectivity index (χ1) is 11.5. The number of nitrogens with one attached hydrogen (secondary N) is 2. The Morgan fingerprint density at radius 2 is 2.16 bits per heavy atom. The van der Waals surface area contributed by atoms with E-state index in [2.05, 4.69) is 15.0 Å². The first-order valence-electron chi connectivity index (χ1n) is 7.50. The number of imidazole rings is 1. The summed E-state index contributed by atoms with van der Waals surface area (Å²) in [4.78, 5) is 11.6. The Morgan fingerprint density at radius 1 is 1.40 bits per heavy atom. The molecule has 134 valence electrons. The van der Waals surface area contributed by atoms with Gasteiger partial charge in [-0.3, -0.25) is 5.41 Å². The minimum absolute atomic E-state index is 0. The van der Waals surface area contributed by atoms with E-state index in [9.17, 15) is 10.2 Å². The molecule has 1 unspecified atom stereocenters. The van der Waals surface area contributed by atoms with E-state index in [-0.39, 0.29) is 36.2 Å². The number of aliphatic hydroxyl groups excluding tert-OH is 1. The zero-order chi connectivity index (χ0) is 17.3. The number of phenols is 1. The van der Waals surface area contributed by atoms with Crippen LogP contribution >= 0.6 is 12.4 Å². The number of aromatic amines is 1. The third-order valence-electron chi connectivity index (χ3n) is 3.87. The van der Waals surface area contributed by atoms with Crippen LogP contribution in [0.3, 0.4) is 0 Å². The Bertz CT molecular complexity index is 937. The summed E-state index contributed by atoms with van der Waals surface area (Å²) < 4.78 is 6.83. The number of hydrogen-bond donors (Lipinski definition) is 4. The van der Waals surface area contributed by atoms with Gasteiger partial charge in [0.15, 0.2) is 22.6 Å². The van der Waals surface area contributed by atoms with Crippen molar-refractivity contribution in [2.24, 2.45) is 0 Å². The van der Waals surface area contributed by atoms with E-state index in [1.807, 2.05) is 13.0 Å². The zero-order valence-electron chi connectivity index (χ0n) is 13.9. The maximum Gasteiger partial charge on any atom is 0.173 e. The van der Waals surface area contributed by atoms with Gasteiger partial charge in [0.05, 0.1) is 26.6 Å². The molecular weight excluding hydrogens is 346 g/mol. The van der Waals surface area contributed by atoms with Gasteiger partial charge < -0.3 is 24.5 Å². The van der Waals surface area contributed by atoms with Crippen molar-refractivity contribution >= 4 is 23.6 Å². The van der Waals surface area contributed by atoms with Gasteiger partial charge in [-0.1, -0.05) is 13.0 Å². The van der Waals surface area contributed by atoms with Crippen LogP contribution in [0.4, 0.5) is 0 Å². The van der Waals surface area contributed by atoms with E-state index < -0.39 is 0 Å². The number of fused-ring (bicyclic) bond motifs is 1. The highest BCUT2D eigenvalue weighted by molar-refractivity contribution is 5.85. The van der Waals surface area contributed by atoms with Gasteiger partial charge in [0.2, 0.25) is 0 Å². The maximum atomic E-state index is 9.91. The van der Waals surface area contributed by atoms with Gasteiger partial charge in [-0.2, -0.15) is 0 Å². The van der Waals surface area contributed by atoms with Crippen LogP contribution in [-0.2, 0) is 6.54 Å². The lowest BCUT2D eigenvalue weighted by Gasteiger charge is -2.09. The van der Waals surface area contributed by atoms with Crippen molar-refractivity contribution in [2.45, 2.75) is 19.4 Å². The molecule has 0 bridgehead atoms. The topological polar surface area (TPSA) is 120 Å². The van der Waals surface area contributed by atoms with E-state index in [0.717, 1.165) is 5.56 Å². The van der Waals surface area contributed by atoms with E-state index in [4.69, 9.17) is 10.1 Å². The van der Waals surface area contributed by atoms with Crippen molar-refractivity contribution in [1.29, 1.82) is 5.41 Å². The lowest BCUT2D eigenvalue weighted by Crippen LogP contribution is -2.13. The number of H-pyrrole nitrogens is 1. The lowest BCUT2D eigenvalue weighted by molar-refractivity contribution is 0.269. The third-order valence-corrected chi connectivity index (χ3v) is 3.87. The standard InChI is InChI=1S/C16H19N5O3.ClH/c1-9(7-22)15-19-13-14(17)18-8-21(16(13)20-15)6-10-3-4-12(24-2)11(23)5-10;/h3-5,8-9,17,22-23H,6-7H2,1-2H3,(H,19,20);1H. The molecule has 0 spiro atoms. The zero-order valence-corrected chi connectivity index (χ0v) is 14.7. The van der Waals surface area contributed by atoms with Crippen molar-refractivity contribution in [1.82, 2.24) is 19.5 Å². The second-order valence-corrected chi connectivity index (χ2v) is 5.63. The molecule has 3 aromatic rings. The quantitative estimate of drug-likeness (QED) is 0.546. The summed E-state index contributed by atoms with van der Waals surface area (Å²) in [6.07, 6.45) is 1.54. The number of aromatic nitrogens is 4. The number of hydrogen-bond acceptors (Lipinski definition) is 6. The van der Waals surface area contributed by atoms with Crippen molar-refractivity contribution in [3.63, 3.8) is 0 Å². The Balaban J connectivity index is 0.00000225. The normalized spacial score (nSPS) is 12.0. The molecule has 0 radical (unpaired) electrons. The van der Waals surface area contributed by atoms with Crippen LogP contribution in [0.15, 0.2) is 24.5 Å². The Hall–Kier alpha value is -2.58. The number of nitrogens with zero attached hydrogens (tertiary/aromatic N) is 3. The number of halogens is 1. The van der Waals surface area contributed by atoms with Gasteiger partial charge in [-0.05, 0) is 17.7 Å². The Kier molecular flexibility index (Phi) is 5.66. The van der Waals surface area contributed by atoms with Crippen LogP contribution in [0.2, 0.25) is 0 Å². The van der Waals surface area contributed by atoms with Crippen LogP contribution in [0, 0.1) is 5.41 Å². The van der Waals surface area contributed by atoms with Gasteiger partial charge in [-0.15, -0.1) is 12.4 Å². The molecule has 25 heavy (non-hydrogen) atoms. The lowest BCUT2D eigenvalue weighted by atomic mass is 10.2. The predicted molar refractivity (Wildman–Crippen MR) is 94.2 cm³/mol. The molecule has 1 aromatic carbocycles. The molecule has 0 saturated heterocycles. The molecule has 0 aliphatic heterocycles. The number of benzene rings is 1. The summed E-state index contributed by atoms with van der Waals surface area (Å²) in [5.74, 6) is 0.927. The molecule has 2 aromatic heterocycles. The minimum atomic E-state index is -0.157. The summed E-state index contributed by atoms with van der Waals surface area (Å²) in [6, 6.07) is 5.16. The summed E-state index contributed by atoms with van der Waals surface area (Å²) >= 11 is 0. The number of rotatable bonds is 5. The third kappa shape index (κ3) is 3.59. The van der Waals surface area contributed by atoms with Crippen molar-refractivity contribution < 1.29 is 14.9 Å². The van der Waals surface area contributed by atoms with E-state index in [1.54, 1.807) is 23.0 Å². The number of methoxy groups -OCH3 is 1. The second kappa shape index (κ2) is 7.54. The fourth-order valence-corrected chi connectivity index (χ4v) is 2.47. The fraction of sp³-hybridized carbons (Fsp3) is 0.312. The first-order valence-corrected chi connectivity index (χ1v) is 7.50. The van der Waals surface area contributed by atoms with E-state index in [0.29, 0.717) is 29.3 Å². The number of phenolic OH excluding ortho intramolecular Hbond substituents is 1. The molecule has 0 aliphatic rings. The van der Waals surface area contributed by atoms with Crippen LogP contribution in [-0.4, -0.2) is 43.4 Å². The first kappa shape index (κ1) is 18.8. The van der Waals surface area contributed by atoms with Crippen LogP contribution < -0.4 is 10.2 Å². The monoisotopic (exact) mass is 365 g/mol. The highest BCUT2D eigenvalue weighted by Crippen LogP contribution is 2.26. The SMILES string of the molecule is COc1ccc(Cn2cnc(=N)c3[nH]c(C(C)CO)nc32)cc1O.Cl. The summed E-state index contributed by atoms with van der Waals surface area (Å²) in [6.45, 7) is 2.24. The second-order valence-electron chi connectivity index (χ2n) is 5.63. The van der Waals surface area contributed by atoms with Crippen molar-refractivity contribution in [3.05, 3.63) is 41.4 Å². The summed E-state index contributed by atoms with van der Waals surface area (Å²) in [5.41, 5.74) is 2.05. The molecule has 2 heterocycles. The molecule has 0 aliphatic carbocycles. The molecule has 3 rings (SSSR count). The Labute approximate surface area is 150 Å². The van der Waals surface area contributed by atoms with E-state index in [1.165, 1.54) is 7.11 Å². The number of ether oxygens (including phenoxy) is 1. The highest BCUT2D eigenvalue weighted by Gasteiger charge is 2.14. The van der Waals surface area contributed by atoms with Gasteiger partial charge in [-0.25, -0.2) is 9.97 Å². The van der Waals surface area contributed by atoms with Crippen molar-refractivity contribution in [2.75, 3.05) is 13.7 Å². The predicted octanol–water partition coefficient (Wildman–Crippen LogP) is 1.52. The molecule has 0 saturated carbocycles. The summed E-state index contributed by atoms with van der Waals surface area (Å²) in [7, 11) is 1.50. The molecule has 8 nitrogen and oxygen atoms in total. The number of aromatic hydroxyl groups is 1. The smallest absolute Gasteiger partial charge is 0.173 e. The van der Waals surface area contributed by atoms with Gasteiger partial charge in [0.1, 0.15) is 11.3 Å². The van der Waals surface area contributed by atoms with Crippen LogP contribution in [0.1, 0.15) is 24.2 Å². The molecule has 9 heteroatoms. The molecule has 4 N–H and O–H groups in total. The number of aliphatic hydroxyl groups is 1. The molecule has 0 fully saturated rings. The largest absolute Gasteiger partial charge is 0.504 e. The average Bonchev–Trinajstić information content (AvgIpc) is 3.03. The maximum absolute atomic E-state index is 9.91. The summed E-state index contributed by atoms with van der Waals surface area (Å²) in [5, 5.41) is 27.1. The highest BCUT2D eigenvalue weighted by atomic mass is 35.5. The van der Waals surface area contributed by atoms with Crippen LogP contribution in [0.25, 0.3) is 11.2 Å². The average molecular weight is 366 g/mol. The Morgan fingerprint density at radius 3 is 2.80 bits per heavy atom. The molecule has 0 amide bonds. The molecule has 1 atom stereocenters. The van der Waals surface area contributed by atoms with Crippen molar-refractivity contribution in [3.8, 4) is 11.5 Å². The van der Waals surface area contributed by atoms with Gasteiger partial charge in [0, 0.05) is 5.92 Å². The van der Waals surface area contributed by atoms with E-state index >= 15 is 0 Å². The fourth-order valence-electron chi connectivity index (χ4n) is 2.47. The molecular formula is C16H20ClN5O3. The van der Waals surface area contributed by atoms with Gasteiger partial charge in [0.25, 0.3) is 0 Å².